The zero-order valence-corrected chi connectivity index (χ0v) is 10.3. The van der Waals surface area contributed by atoms with E-state index in [2.05, 4.69) is 12.2 Å². The van der Waals surface area contributed by atoms with Crippen molar-refractivity contribution in [3.8, 4) is 0 Å². The highest BCUT2D eigenvalue weighted by Crippen LogP contribution is 2.50. The van der Waals surface area contributed by atoms with Gasteiger partial charge in [0.15, 0.2) is 0 Å². The van der Waals surface area contributed by atoms with Gasteiger partial charge in [0.2, 0.25) is 5.91 Å². The molecule has 94 valence electrons. The van der Waals surface area contributed by atoms with Gasteiger partial charge in [-0.2, -0.15) is 0 Å². The zero-order chi connectivity index (χ0) is 12.0. The highest BCUT2D eigenvalue weighted by atomic mass is 16.2. The lowest BCUT2D eigenvalue weighted by Crippen LogP contribution is -2.55. The molecule has 3 fully saturated rings. The maximum absolute atomic E-state index is 11.8. The fourth-order valence-corrected chi connectivity index (χ4v) is 4.08. The Balaban J connectivity index is 1.68. The SMILES string of the molecule is CC(C1CC2CCC1C2)N1CCC(=O)NC1=O. The normalized spacial score (nSPS) is 38.4. The topological polar surface area (TPSA) is 49.4 Å². The summed E-state index contributed by atoms with van der Waals surface area (Å²) < 4.78 is 0. The Kier molecular flexibility index (Phi) is 2.60. The van der Waals surface area contributed by atoms with E-state index in [0.29, 0.717) is 24.9 Å². The zero-order valence-electron chi connectivity index (χ0n) is 10.3. The molecule has 0 aromatic heterocycles. The van der Waals surface area contributed by atoms with Crippen molar-refractivity contribution >= 4 is 11.9 Å². The first kappa shape index (κ1) is 11.1. The molecule has 0 spiro atoms. The molecule has 4 atom stereocenters. The van der Waals surface area contributed by atoms with Gasteiger partial charge in [0, 0.05) is 19.0 Å². The molecule has 17 heavy (non-hydrogen) atoms. The highest BCUT2D eigenvalue weighted by molar-refractivity contribution is 5.96. The van der Waals surface area contributed by atoms with Crippen molar-refractivity contribution in [3.05, 3.63) is 0 Å². The number of hydrogen-bond acceptors (Lipinski definition) is 2. The van der Waals surface area contributed by atoms with Crippen molar-refractivity contribution in [2.75, 3.05) is 6.54 Å². The van der Waals surface area contributed by atoms with Crippen molar-refractivity contribution < 1.29 is 9.59 Å². The molecule has 1 saturated heterocycles. The van der Waals surface area contributed by atoms with E-state index in [-0.39, 0.29) is 11.9 Å². The van der Waals surface area contributed by atoms with Crippen LogP contribution in [0, 0.1) is 17.8 Å². The van der Waals surface area contributed by atoms with E-state index in [1.54, 1.807) is 0 Å². The van der Waals surface area contributed by atoms with E-state index < -0.39 is 0 Å². The van der Waals surface area contributed by atoms with Crippen LogP contribution in [0.3, 0.4) is 0 Å². The van der Waals surface area contributed by atoms with Crippen LogP contribution in [0.4, 0.5) is 4.79 Å². The molecule has 4 heteroatoms. The minimum atomic E-state index is -0.184. The molecule has 1 N–H and O–H groups in total. The van der Waals surface area contributed by atoms with Gasteiger partial charge in [-0.25, -0.2) is 4.79 Å². The van der Waals surface area contributed by atoms with Gasteiger partial charge in [-0.05, 0) is 43.9 Å². The van der Waals surface area contributed by atoms with Gasteiger partial charge in [-0.1, -0.05) is 6.42 Å². The third-order valence-electron chi connectivity index (χ3n) is 4.99. The summed E-state index contributed by atoms with van der Waals surface area (Å²) in [7, 11) is 0. The van der Waals surface area contributed by atoms with Crippen LogP contribution in [0.5, 0.6) is 0 Å². The molecule has 3 aliphatic rings. The summed E-state index contributed by atoms with van der Waals surface area (Å²) in [6.45, 7) is 2.75. The Hall–Kier alpha value is -1.06. The minimum Gasteiger partial charge on any atom is -0.321 e. The van der Waals surface area contributed by atoms with Gasteiger partial charge < -0.3 is 4.90 Å². The van der Waals surface area contributed by atoms with Crippen LogP contribution < -0.4 is 5.32 Å². The summed E-state index contributed by atoms with van der Waals surface area (Å²) in [6.07, 6.45) is 5.83. The maximum atomic E-state index is 11.8. The van der Waals surface area contributed by atoms with E-state index in [4.69, 9.17) is 0 Å². The second kappa shape index (κ2) is 4.00. The third-order valence-corrected chi connectivity index (χ3v) is 4.99. The average molecular weight is 236 g/mol. The lowest BCUT2D eigenvalue weighted by molar-refractivity contribution is -0.121. The van der Waals surface area contributed by atoms with Crippen molar-refractivity contribution in [1.29, 1.82) is 0 Å². The van der Waals surface area contributed by atoms with Crippen LogP contribution in [0.25, 0.3) is 0 Å². The molecule has 0 radical (unpaired) electrons. The number of carbonyl (C=O) groups is 2. The average Bonchev–Trinajstić information content (AvgIpc) is 2.89. The predicted molar refractivity (Wildman–Crippen MR) is 63.3 cm³/mol. The fourth-order valence-electron chi connectivity index (χ4n) is 4.08. The molecule has 2 bridgehead atoms. The summed E-state index contributed by atoms with van der Waals surface area (Å²) in [5.74, 6) is 2.25. The molecule has 1 aliphatic heterocycles. The van der Waals surface area contributed by atoms with E-state index in [1.807, 2.05) is 4.90 Å². The molecule has 4 nitrogen and oxygen atoms in total. The number of imide groups is 1. The van der Waals surface area contributed by atoms with E-state index >= 15 is 0 Å². The molecular weight excluding hydrogens is 216 g/mol. The summed E-state index contributed by atoms with van der Waals surface area (Å²) in [5.41, 5.74) is 0. The first-order valence-corrected chi connectivity index (χ1v) is 6.75. The summed E-state index contributed by atoms with van der Waals surface area (Å²) >= 11 is 0. The van der Waals surface area contributed by atoms with Crippen LogP contribution in [0.1, 0.15) is 39.0 Å². The van der Waals surface area contributed by atoms with E-state index in [9.17, 15) is 9.59 Å². The number of nitrogens with one attached hydrogen (secondary N) is 1. The van der Waals surface area contributed by atoms with Gasteiger partial charge in [0.05, 0.1) is 0 Å². The predicted octanol–water partition coefficient (Wildman–Crippen LogP) is 1.75. The van der Waals surface area contributed by atoms with Gasteiger partial charge in [0.1, 0.15) is 0 Å². The molecule has 3 amide bonds. The molecule has 0 aromatic carbocycles. The van der Waals surface area contributed by atoms with E-state index in [1.165, 1.54) is 25.7 Å². The minimum absolute atomic E-state index is 0.133. The number of rotatable bonds is 2. The van der Waals surface area contributed by atoms with Crippen LogP contribution in [0.2, 0.25) is 0 Å². The van der Waals surface area contributed by atoms with Gasteiger partial charge in [0.25, 0.3) is 0 Å². The standard InChI is InChI=1S/C13H20N2O2/c1-8(11-7-9-2-3-10(11)6-9)15-5-4-12(16)14-13(15)17/h8-11H,2-7H2,1H3,(H,14,16,17). The summed E-state index contributed by atoms with van der Waals surface area (Å²) in [5, 5.41) is 2.43. The Labute approximate surface area is 102 Å². The summed E-state index contributed by atoms with van der Waals surface area (Å²) in [6, 6.07) is 0.106. The smallest absolute Gasteiger partial charge is 0.321 e. The van der Waals surface area contributed by atoms with Crippen LogP contribution in [-0.4, -0.2) is 29.4 Å². The first-order valence-electron chi connectivity index (χ1n) is 6.75. The highest BCUT2D eigenvalue weighted by Gasteiger charge is 2.44. The molecule has 2 aliphatic carbocycles. The Morgan fingerprint density at radius 1 is 1.29 bits per heavy atom. The number of urea groups is 1. The second-order valence-electron chi connectivity index (χ2n) is 5.88. The molecule has 2 saturated carbocycles. The molecular formula is C13H20N2O2. The van der Waals surface area contributed by atoms with Crippen molar-refractivity contribution in [3.63, 3.8) is 0 Å². The number of carbonyl (C=O) groups excluding carboxylic acids is 2. The monoisotopic (exact) mass is 236 g/mol. The fraction of sp³-hybridized carbons (Fsp3) is 0.846. The Morgan fingerprint density at radius 2 is 2.12 bits per heavy atom. The van der Waals surface area contributed by atoms with Gasteiger partial charge in [-0.15, -0.1) is 0 Å². The number of amides is 3. The Bertz CT molecular complexity index is 355. The molecule has 1 heterocycles. The quantitative estimate of drug-likeness (QED) is 0.794. The number of hydrogen-bond donors (Lipinski definition) is 1. The first-order chi connectivity index (χ1) is 8.15. The van der Waals surface area contributed by atoms with Crippen LogP contribution >= 0.6 is 0 Å². The van der Waals surface area contributed by atoms with Crippen molar-refractivity contribution in [1.82, 2.24) is 10.2 Å². The lowest BCUT2D eigenvalue weighted by atomic mass is 9.83. The van der Waals surface area contributed by atoms with Gasteiger partial charge in [-0.3, -0.25) is 10.1 Å². The molecule has 0 aromatic rings. The third kappa shape index (κ3) is 1.83. The van der Waals surface area contributed by atoms with Crippen molar-refractivity contribution in [2.24, 2.45) is 17.8 Å². The number of fused-ring (bicyclic) bond motifs is 2. The Morgan fingerprint density at radius 3 is 2.71 bits per heavy atom. The second-order valence-corrected chi connectivity index (χ2v) is 5.88. The number of nitrogens with zero attached hydrogens (tertiary/aromatic N) is 1. The molecule has 4 unspecified atom stereocenters. The maximum Gasteiger partial charge on any atom is 0.324 e. The van der Waals surface area contributed by atoms with Gasteiger partial charge >= 0.3 is 6.03 Å². The molecule has 3 rings (SSSR count). The summed E-state index contributed by atoms with van der Waals surface area (Å²) in [4.78, 5) is 24.8. The van der Waals surface area contributed by atoms with E-state index in [0.717, 1.165) is 11.8 Å². The largest absolute Gasteiger partial charge is 0.324 e. The van der Waals surface area contributed by atoms with Crippen LogP contribution in [-0.2, 0) is 4.79 Å². The lowest BCUT2D eigenvalue weighted by Gasteiger charge is -2.38. The van der Waals surface area contributed by atoms with Crippen molar-refractivity contribution in [2.45, 2.75) is 45.1 Å². The van der Waals surface area contributed by atoms with Crippen LogP contribution in [0.15, 0.2) is 0 Å².